The molecule has 10 nitrogen and oxygen atoms in total. The van der Waals surface area contributed by atoms with Gasteiger partial charge < -0.3 is 19.5 Å². The summed E-state index contributed by atoms with van der Waals surface area (Å²) in [6.45, 7) is 8.55. The van der Waals surface area contributed by atoms with Crippen molar-refractivity contribution in [2.45, 2.75) is 58.6 Å². The second-order valence-electron chi connectivity index (χ2n) is 11.1. The van der Waals surface area contributed by atoms with Crippen LogP contribution in [0.3, 0.4) is 0 Å². The lowest BCUT2D eigenvalue weighted by molar-refractivity contribution is -0.119. The van der Waals surface area contributed by atoms with Crippen molar-refractivity contribution < 1.29 is 14.3 Å². The van der Waals surface area contributed by atoms with E-state index in [-0.39, 0.29) is 30.0 Å². The van der Waals surface area contributed by atoms with Crippen molar-refractivity contribution in [2.75, 3.05) is 20.1 Å². The Bertz CT molecular complexity index is 1620. The SMILES string of the molecule is CNC(=O)Cc1cc(-c2ccc3c(=O)n(C4CCN(C(=O)OC(C)(C)C)CC4)ccc3c2)nn2cc(C)nc12. The number of nitrogens with one attached hydrogen (secondary N) is 1. The van der Waals surface area contributed by atoms with E-state index in [2.05, 4.69) is 10.3 Å². The van der Waals surface area contributed by atoms with E-state index in [4.69, 9.17) is 9.84 Å². The van der Waals surface area contributed by atoms with Crippen LogP contribution >= 0.6 is 0 Å². The van der Waals surface area contributed by atoms with E-state index in [1.165, 1.54) is 0 Å². The molecule has 4 heterocycles. The van der Waals surface area contributed by atoms with Crippen LogP contribution in [0, 0.1) is 6.92 Å². The molecule has 2 amide bonds. The van der Waals surface area contributed by atoms with Crippen LogP contribution < -0.4 is 10.9 Å². The van der Waals surface area contributed by atoms with Crippen LogP contribution in [0.15, 0.2) is 47.5 Å². The second kappa shape index (κ2) is 10.2. The van der Waals surface area contributed by atoms with Crippen molar-refractivity contribution in [3.8, 4) is 11.3 Å². The fourth-order valence-corrected chi connectivity index (χ4v) is 5.05. The molecule has 10 heteroatoms. The predicted molar refractivity (Wildman–Crippen MR) is 149 cm³/mol. The summed E-state index contributed by atoms with van der Waals surface area (Å²) >= 11 is 0. The van der Waals surface area contributed by atoms with E-state index >= 15 is 0 Å². The normalized spacial score (nSPS) is 14.6. The number of piperidine rings is 1. The molecule has 0 bridgehead atoms. The molecule has 1 aromatic carbocycles. The van der Waals surface area contributed by atoms with Crippen molar-refractivity contribution in [3.63, 3.8) is 0 Å². The monoisotopic (exact) mass is 530 g/mol. The molecular formula is C29H34N6O4. The standard InChI is InChI=1S/C29H34N6O4/c1-18-17-35-26(31-18)21(16-25(36)30-5)15-24(32-35)20-6-7-23-19(14-20)8-13-34(27(23)37)22-9-11-33(12-10-22)28(38)39-29(2,3)4/h6-8,13-15,17,22H,9-12,16H2,1-5H3,(H,30,36). The van der Waals surface area contributed by atoms with Crippen molar-refractivity contribution in [1.29, 1.82) is 0 Å². The molecule has 0 unspecified atom stereocenters. The Labute approximate surface area is 226 Å². The molecule has 0 saturated carbocycles. The molecule has 5 rings (SSSR count). The number of imidazole rings is 1. The van der Waals surface area contributed by atoms with Gasteiger partial charge in [-0.15, -0.1) is 0 Å². The number of aryl methyl sites for hydroxylation is 1. The van der Waals surface area contributed by atoms with Crippen LogP contribution in [0.5, 0.6) is 0 Å². The third kappa shape index (κ3) is 5.50. The van der Waals surface area contributed by atoms with Crippen LogP contribution in [0.4, 0.5) is 4.79 Å². The lowest BCUT2D eigenvalue weighted by Gasteiger charge is -2.34. The van der Waals surface area contributed by atoms with Crippen LogP contribution in [0.2, 0.25) is 0 Å². The highest BCUT2D eigenvalue weighted by Gasteiger charge is 2.28. The Hall–Kier alpha value is -4.21. The Balaban J connectivity index is 1.41. The van der Waals surface area contributed by atoms with E-state index in [0.29, 0.717) is 42.7 Å². The molecule has 39 heavy (non-hydrogen) atoms. The van der Waals surface area contributed by atoms with Gasteiger partial charge >= 0.3 is 6.09 Å². The fraction of sp³-hybridized carbons (Fsp3) is 0.414. The van der Waals surface area contributed by atoms with E-state index in [1.807, 2.05) is 70.4 Å². The summed E-state index contributed by atoms with van der Waals surface area (Å²) in [6, 6.07) is 9.53. The topological polar surface area (TPSA) is 111 Å². The van der Waals surface area contributed by atoms with E-state index in [0.717, 1.165) is 22.2 Å². The van der Waals surface area contributed by atoms with Crippen LogP contribution in [-0.4, -0.2) is 61.8 Å². The minimum atomic E-state index is -0.535. The lowest BCUT2D eigenvalue weighted by Crippen LogP contribution is -2.43. The number of aromatic nitrogens is 4. The van der Waals surface area contributed by atoms with Crippen molar-refractivity contribution >= 4 is 28.4 Å². The van der Waals surface area contributed by atoms with E-state index < -0.39 is 5.60 Å². The van der Waals surface area contributed by atoms with Gasteiger partial charge in [0, 0.05) is 48.9 Å². The summed E-state index contributed by atoms with van der Waals surface area (Å²) in [6.07, 6.45) is 4.93. The highest BCUT2D eigenvalue weighted by molar-refractivity contribution is 5.86. The summed E-state index contributed by atoms with van der Waals surface area (Å²) in [4.78, 5) is 44.2. The Morgan fingerprint density at radius 3 is 2.56 bits per heavy atom. The van der Waals surface area contributed by atoms with Crippen LogP contribution in [0.25, 0.3) is 27.7 Å². The Morgan fingerprint density at radius 1 is 1.13 bits per heavy atom. The van der Waals surface area contributed by atoms with Gasteiger partial charge in [-0.2, -0.15) is 5.10 Å². The van der Waals surface area contributed by atoms with Gasteiger partial charge in [0.05, 0.1) is 24.0 Å². The molecule has 1 saturated heterocycles. The first-order chi connectivity index (χ1) is 18.5. The minimum absolute atomic E-state index is 0.0149. The first-order valence-corrected chi connectivity index (χ1v) is 13.2. The minimum Gasteiger partial charge on any atom is -0.444 e. The van der Waals surface area contributed by atoms with Crippen LogP contribution in [0.1, 0.15) is 50.9 Å². The zero-order valence-electron chi connectivity index (χ0n) is 23.0. The number of amides is 2. The molecule has 1 aliphatic heterocycles. The van der Waals surface area contributed by atoms with Gasteiger partial charge in [-0.3, -0.25) is 9.59 Å². The zero-order valence-corrected chi connectivity index (χ0v) is 23.0. The van der Waals surface area contributed by atoms with Gasteiger partial charge in [0.25, 0.3) is 5.56 Å². The van der Waals surface area contributed by atoms with Gasteiger partial charge in [0.1, 0.15) is 5.60 Å². The lowest BCUT2D eigenvalue weighted by atomic mass is 10.0. The molecule has 0 atom stereocenters. The van der Waals surface area contributed by atoms with Gasteiger partial charge in [-0.05, 0) is 70.2 Å². The molecule has 1 N–H and O–H groups in total. The van der Waals surface area contributed by atoms with E-state index in [9.17, 15) is 14.4 Å². The van der Waals surface area contributed by atoms with Gasteiger partial charge in [0.15, 0.2) is 5.65 Å². The summed E-state index contributed by atoms with van der Waals surface area (Å²) in [7, 11) is 1.61. The fourth-order valence-electron chi connectivity index (χ4n) is 5.05. The maximum atomic E-state index is 13.4. The number of carbonyl (C=O) groups is 2. The van der Waals surface area contributed by atoms with Crippen molar-refractivity contribution in [1.82, 2.24) is 29.4 Å². The summed E-state index contributed by atoms with van der Waals surface area (Å²) in [5, 5.41) is 8.83. The third-order valence-electron chi connectivity index (χ3n) is 6.99. The molecule has 0 radical (unpaired) electrons. The number of hydrogen-bond donors (Lipinski definition) is 1. The quantitative estimate of drug-likeness (QED) is 0.429. The maximum absolute atomic E-state index is 13.4. The van der Waals surface area contributed by atoms with Crippen molar-refractivity contribution in [2.24, 2.45) is 0 Å². The van der Waals surface area contributed by atoms with Crippen LogP contribution in [-0.2, 0) is 16.0 Å². The second-order valence-corrected chi connectivity index (χ2v) is 11.1. The average Bonchev–Trinajstić information content (AvgIpc) is 3.28. The van der Waals surface area contributed by atoms with Gasteiger partial charge in [-0.1, -0.05) is 6.07 Å². The molecular weight excluding hydrogens is 496 g/mol. The number of benzene rings is 1. The summed E-state index contributed by atoms with van der Waals surface area (Å²) in [5.74, 6) is -0.106. The average molecular weight is 531 g/mol. The first kappa shape index (κ1) is 26.4. The number of fused-ring (bicyclic) bond motifs is 2. The number of ether oxygens (including phenoxy) is 1. The molecule has 1 aliphatic rings. The molecule has 4 aromatic rings. The summed E-state index contributed by atoms with van der Waals surface area (Å²) < 4.78 is 8.98. The summed E-state index contributed by atoms with van der Waals surface area (Å²) in [5.41, 5.74) is 3.20. The number of likely N-dealkylation sites (N-methyl/N-ethyl adjacent to an activating group) is 1. The Morgan fingerprint density at radius 2 is 1.87 bits per heavy atom. The predicted octanol–water partition coefficient (Wildman–Crippen LogP) is 3.88. The number of likely N-dealkylation sites (tertiary alicyclic amines) is 1. The number of hydrogen-bond acceptors (Lipinski definition) is 6. The number of nitrogens with zero attached hydrogens (tertiary/aromatic N) is 5. The van der Waals surface area contributed by atoms with Gasteiger partial charge in [-0.25, -0.2) is 14.3 Å². The number of pyridine rings is 1. The third-order valence-corrected chi connectivity index (χ3v) is 6.99. The van der Waals surface area contributed by atoms with Crippen molar-refractivity contribution in [3.05, 3.63) is 64.3 Å². The Kier molecular flexibility index (Phi) is 6.88. The molecule has 204 valence electrons. The number of carbonyl (C=O) groups excluding carboxylic acids is 2. The highest BCUT2D eigenvalue weighted by atomic mass is 16.6. The van der Waals surface area contributed by atoms with E-state index in [1.54, 1.807) is 21.0 Å². The molecule has 0 spiro atoms. The smallest absolute Gasteiger partial charge is 0.410 e. The van der Waals surface area contributed by atoms with Gasteiger partial charge in [0.2, 0.25) is 5.91 Å². The highest BCUT2D eigenvalue weighted by Crippen LogP contribution is 2.27. The maximum Gasteiger partial charge on any atom is 0.410 e. The zero-order chi connectivity index (χ0) is 27.9. The molecule has 0 aliphatic carbocycles. The molecule has 3 aromatic heterocycles. The molecule has 1 fully saturated rings. The number of rotatable bonds is 4. The largest absolute Gasteiger partial charge is 0.444 e. The first-order valence-electron chi connectivity index (χ1n) is 13.2.